The highest BCUT2D eigenvalue weighted by Crippen LogP contribution is 2.25. The molecule has 1 aromatic rings. The number of rotatable bonds is 2. The number of nitrogens with zero attached hydrogens (tertiary/aromatic N) is 1. The summed E-state index contributed by atoms with van der Waals surface area (Å²) in [7, 11) is 0. The summed E-state index contributed by atoms with van der Waals surface area (Å²) in [5, 5.41) is 3.31. The third-order valence-corrected chi connectivity index (χ3v) is 4.84. The Bertz CT molecular complexity index is 486. The number of nitrogens with one attached hydrogen (secondary N) is 1. The molecular weight excluding hydrogens is 332 g/mol. The molecule has 2 saturated heterocycles. The molecule has 2 fully saturated rings. The molecule has 1 atom stereocenters. The van der Waals surface area contributed by atoms with E-state index >= 15 is 0 Å². The van der Waals surface area contributed by atoms with E-state index in [0.717, 1.165) is 42.5 Å². The van der Waals surface area contributed by atoms with Crippen molar-refractivity contribution in [2.45, 2.75) is 18.9 Å². The summed E-state index contributed by atoms with van der Waals surface area (Å²) in [4.78, 5) is 14.6. The van der Waals surface area contributed by atoms with E-state index in [4.69, 9.17) is 4.74 Å². The molecule has 0 aliphatic carbocycles. The second kappa shape index (κ2) is 6.90. The summed E-state index contributed by atoms with van der Waals surface area (Å²) >= 11 is 3.45. The number of hydrogen-bond acceptors (Lipinski definition) is 3. The van der Waals surface area contributed by atoms with Gasteiger partial charge in [0.25, 0.3) is 0 Å². The molecule has 1 amide bonds. The van der Waals surface area contributed by atoms with Gasteiger partial charge in [0.2, 0.25) is 5.91 Å². The van der Waals surface area contributed by atoms with Crippen LogP contribution in [0.5, 0.6) is 0 Å². The van der Waals surface area contributed by atoms with Gasteiger partial charge in [0.15, 0.2) is 0 Å². The van der Waals surface area contributed by atoms with Gasteiger partial charge in [-0.2, -0.15) is 0 Å². The highest BCUT2D eigenvalue weighted by atomic mass is 79.9. The Morgan fingerprint density at radius 3 is 2.67 bits per heavy atom. The predicted molar refractivity (Wildman–Crippen MR) is 85.0 cm³/mol. The fraction of sp³-hybridized carbons (Fsp3) is 0.562. The van der Waals surface area contributed by atoms with Gasteiger partial charge in [0.05, 0.1) is 13.2 Å². The van der Waals surface area contributed by atoms with Gasteiger partial charge >= 0.3 is 0 Å². The highest BCUT2D eigenvalue weighted by molar-refractivity contribution is 9.10. The van der Waals surface area contributed by atoms with E-state index < -0.39 is 0 Å². The van der Waals surface area contributed by atoms with Gasteiger partial charge in [0, 0.05) is 16.9 Å². The topological polar surface area (TPSA) is 41.6 Å². The monoisotopic (exact) mass is 352 g/mol. The Morgan fingerprint density at radius 2 is 1.95 bits per heavy atom. The van der Waals surface area contributed by atoms with E-state index in [0.29, 0.717) is 19.1 Å². The maximum atomic E-state index is 12.6. The lowest BCUT2D eigenvalue weighted by atomic mass is 9.96. The molecule has 114 valence electrons. The van der Waals surface area contributed by atoms with E-state index in [1.165, 1.54) is 0 Å². The third kappa shape index (κ3) is 3.65. The van der Waals surface area contributed by atoms with Crippen LogP contribution in [0, 0.1) is 5.92 Å². The van der Waals surface area contributed by atoms with Crippen LogP contribution < -0.4 is 5.32 Å². The zero-order valence-corrected chi connectivity index (χ0v) is 13.6. The van der Waals surface area contributed by atoms with Crippen molar-refractivity contribution in [3.63, 3.8) is 0 Å². The van der Waals surface area contributed by atoms with E-state index in [1.807, 2.05) is 17.0 Å². The SMILES string of the molecule is O=C(C1CCNCC1)N1CCOC(c2ccc(Br)cc2)C1. The van der Waals surface area contributed by atoms with Gasteiger partial charge < -0.3 is 15.0 Å². The molecule has 1 unspecified atom stereocenters. The molecule has 1 aromatic carbocycles. The number of amides is 1. The molecule has 2 aliphatic heterocycles. The van der Waals surface area contributed by atoms with E-state index in [1.54, 1.807) is 0 Å². The van der Waals surface area contributed by atoms with Crippen molar-refractivity contribution < 1.29 is 9.53 Å². The maximum absolute atomic E-state index is 12.6. The number of hydrogen-bond donors (Lipinski definition) is 1. The molecule has 3 rings (SSSR count). The van der Waals surface area contributed by atoms with Gasteiger partial charge in [-0.15, -0.1) is 0 Å². The average Bonchev–Trinajstić information content (AvgIpc) is 2.56. The van der Waals surface area contributed by atoms with Gasteiger partial charge in [-0.1, -0.05) is 28.1 Å². The minimum Gasteiger partial charge on any atom is -0.370 e. The maximum Gasteiger partial charge on any atom is 0.225 e. The molecule has 5 heteroatoms. The lowest BCUT2D eigenvalue weighted by Crippen LogP contribution is -2.47. The van der Waals surface area contributed by atoms with Crippen LogP contribution in [0.25, 0.3) is 0 Å². The first-order chi connectivity index (χ1) is 10.2. The van der Waals surface area contributed by atoms with E-state index in [-0.39, 0.29) is 12.0 Å². The second-order valence-electron chi connectivity index (χ2n) is 5.72. The Kier molecular flexibility index (Phi) is 4.93. The summed E-state index contributed by atoms with van der Waals surface area (Å²) in [6.07, 6.45) is 1.91. The Hall–Kier alpha value is -0.910. The van der Waals surface area contributed by atoms with Crippen LogP contribution in [0.2, 0.25) is 0 Å². The van der Waals surface area contributed by atoms with Gasteiger partial charge in [-0.05, 0) is 43.6 Å². The first kappa shape index (κ1) is 15.0. The van der Waals surface area contributed by atoms with Crippen molar-refractivity contribution in [3.05, 3.63) is 34.3 Å². The molecule has 2 aliphatic rings. The van der Waals surface area contributed by atoms with Crippen LogP contribution >= 0.6 is 15.9 Å². The molecule has 1 N–H and O–H groups in total. The third-order valence-electron chi connectivity index (χ3n) is 4.31. The second-order valence-corrected chi connectivity index (χ2v) is 6.64. The van der Waals surface area contributed by atoms with Crippen LogP contribution in [0.1, 0.15) is 24.5 Å². The van der Waals surface area contributed by atoms with Crippen molar-refractivity contribution in [2.75, 3.05) is 32.8 Å². The standard InChI is InChI=1S/C16H21BrN2O2/c17-14-3-1-12(2-4-14)15-11-19(9-10-21-15)16(20)13-5-7-18-8-6-13/h1-4,13,15,18H,5-11H2. The zero-order chi connectivity index (χ0) is 14.7. The minimum atomic E-state index is -0.00230. The quantitative estimate of drug-likeness (QED) is 0.888. The fourth-order valence-corrected chi connectivity index (χ4v) is 3.32. The lowest BCUT2D eigenvalue weighted by Gasteiger charge is -2.36. The van der Waals surface area contributed by atoms with Crippen molar-refractivity contribution in [2.24, 2.45) is 5.92 Å². The first-order valence-corrected chi connectivity index (χ1v) is 8.40. The number of piperidine rings is 1. The normalized spacial score (nSPS) is 24.0. The first-order valence-electron chi connectivity index (χ1n) is 7.60. The molecule has 0 aromatic heterocycles. The van der Waals surface area contributed by atoms with Crippen LogP contribution in [0.15, 0.2) is 28.7 Å². The molecule has 0 saturated carbocycles. The summed E-state index contributed by atoms with van der Waals surface area (Å²) in [6.45, 7) is 3.92. The molecule has 0 bridgehead atoms. The number of morpholine rings is 1. The highest BCUT2D eigenvalue weighted by Gasteiger charge is 2.30. The Morgan fingerprint density at radius 1 is 1.24 bits per heavy atom. The van der Waals surface area contributed by atoms with E-state index in [2.05, 4.69) is 33.4 Å². The minimum absolute atomic E-state index is 0.00230. The molecule has 2 heterocycles. The summed E-state index contributed by atoms with van der Waals surface area (Å²) in [6, 6.07) is 8.17. The Balaban J connectivity index is 1.64. The number of benzene rings is 1. The van der Waals surface area contributed by atoms with Gasteiger partial charge in [-0.25, -0.2) is 0 Å². The predicted octanol–water partition coefficient (Wildman–Crippen LogP) is 2.35. The van der Waals surface area contributed by atoms with Gasteiger partial charge in [-0.3, -0.25) is 4.79 Å². The van der Waals surface area contributed by atoms with Crippen LogP contribution in [-0.4, -0.2) is 43.6 Å². The molecular formula is C16H21BrN2O2. The number of carbonyl (C=O) groups is 1. The summed E-state index contributed by atoms with van der Waals surface area (Å²) in [5.41, 5.74) is 1.14. The van der Waals surface area contributed by atoms with Crippen molar-refractivity contribution in [3.8, 4) is 0 Å². The molecule has 4 nitrogen and oxygen atoms in total. The average molecular weight is 353 g/mol. The summed E-state index contributed by atoms with van der Waals surface area (Å²) in [5.74, 6) is 0.497. The summed E-state index contributed by atoms with van der Waals surface area (Å²) < 4.78 is 6.91. The lowest BCUT2D eigenvalue weighted by molar-refractivity contribution is -0.144. The van der Waals surface area contributed by atoms with Crippen molar-refractivity contribution >= 4 is 21.8 Å². The van der Waals surface area contributed by atoms with Gasteiger partial charge in [0.1, 0.15) is 6.10 Å². The fourth-order valence-electron chi connectivity index (χ4n) is 3.06. The van der Waals surface area contributed by atoms with E-state index in [9.17, 15) is 4.79 Å². The number of halogens is 1. The molecule has 0 spiro atoms. The van der Waals surface area contributed by atoms with Crippen molar-refractivity contribution in [1.29, 1.82) is 0 Å². The molecule has 0 radical (unpaired) electrons. The van der Waals surface area contributed by atoms with Crippen LogP contribution in [-0.2, 0) is 9.53 Å². The molecule has 21 heavy (non-hydrogen) atoms. The largest absolute Gasteiger partial charge is 0.370 e. The van der Waals surface area contributed by atoms with Crippen LogP contribution in [0.3, 0.4) is 0 Å². The van der Waals surface area contributed by atoms with Crippen LogP contribution in [0.4, 0.5) is 0 Å². The van der Waals surface area contributed by atoms with Crippen molar-refractivity contribution in [1.82, 2.24) is 10.2 Å². The number of ether oxygens (including phenoxy) is 1. The Labute approximate surface area is 134 Å². The smallest absolute Gasteiger partial charge is 0.225 e. The number of carbonyl (C=O) groups excluding carboxylic acids is 1. The zero-order valence-electron chi connectivity index (χ0n) is 12.1.